The second-order valence-electron chi connectivity index (χ2n) is 4.65. The van der Waals surface area contributed by atoms with Crippen molar-refractivity contribution in [3.63, 3.8) is 0 Å². The van der Waals surface area contributed by atoms with Crippen LogP contribution >= 0.6 is 11.3 Å². The van der Waals surface area contributed by atoms with E-state index in [9.17, 15) is 4.79 Å². The molecule has 0 radical (unpaired) electrons. The molecule has 102 valence electrons. The highest BCUT2D eigenvalue weighted by atomic mass is 32.1. The molecule has 0 spiro atoms. The van der Waals surface area contributed by atoms with Crippen molar-refractivity contribution in [3.05, 3.63) is 39.8 Å². The fraction of sp³-hybridized carbons (Fsp3) is 0.429. The number of carbonyl (C=O) groups excluding carboxylic acids is 1. The van der Waals surface area contributed by atoms with Gasteiger partial charge in [0.15, 0.2) is 0 Å². The molecule has 2 heterocycles. The number of carbonyl (C=O) groups is 1. The summed E-state index contributed by atoms with van der Waals surface area (Å²) in [5.41, 5.74) is 3.20. The SMILES string of the molecule is CCn1cc(CN(C)C(=O)Cc2ccsc2)c(C)n1. The molecule has 0 atom stereocenters. The van der Waals surface area contributed by atoms with Crippen LogP contribution in [-0.4, -0.2) is 27.6 Å². The van der Waals surface area contributed by atoms with Crippen LogP contribution in [-0.2, 0) is 24.3 Å². The van der Waals surface area contributed by atoms with Crippen molar-refractivity contribution in [2.75, 3.05) is 7.05 Å². The first kappa shape index (κ1) is 13.8. The van der Waals surface area contributed by atoms with Crippen molar-refractivity contribution in [3.8, 4) is 0 Å². The monoisotopic (exact) mass is 277 g/mol. The summed E-state index contributed by atoms with van der Waals surface area (Å²) in [5, 5.41) is 8.42. The Hall–Kier alpha value is -1.62. The van der Waals surface area contributed by atoms with Crippen molar-refractivity contribution >= 4 is 17.2 Å². The van der Waals surface area contributed by atoms with E-state index in [-0.39, 0.29) is 5.91 Å². The van der Waals surface area contributed by atoms with Crippen molar-refractivity contribution in [1.82, 2.24) is 14.7 Å². The highest BCUT2D eigenvalue weighted by molar-refractivity contribution is 7.07. The number of aromatic nitrogens is 2. The summed E-state index contributed by atoms with van der Waals surface area (Å²) < 4.78 is 1.90. The van der Waals surface area contributed by atoms with Crippen LogP contribution in [0.3, 0.4) is 0 Å². The lowest BCUT2D eigenvalue weighted by atomic mass is 10.2. The first-order valence-electron chi connectivity index (χ1n) is 6.38. The van der Waals surface area contributed by atoms with Crippen molar-refractivity contribution in [2.24, 2.45) is 0 Å². The zero-order chi connectivity index (χ0) is 13.8. The Kier molecular flexibility index (Phi) is 4.37. The van der Waals surface area contributed by atoms with Gasteiger partial charge < -0.3 is 4.90 Å². The Balaban J connectivity index is 1.97. The van der Waals surface area contributed by atoms with Gasteiger partial charge in [-0.2, -0.15) is 16.4 Å². The molecule has 0 aliphatic heterocycles. The Morgan fingerprint density at radius 1 is 1.53 bits per heavy atom. The molecular formula is C14H19N3OS. The summed E-state index contributed by atoms with van der Waals surface area (Å²) in [6.07, 6.45) is 2.49. The van der Waals surface area contributed by atoms with Crippen LogP contribution in [0.4, 0.5) is 0 Å². The van der Waals surface area contributed by atoms with E-state index in [0.29, 0.717) is 13.0 Å². The van der Waals surface area contributed by atoms with E-state index in [2.05, 4.69) is 12.0 Å². The molecule has 0 N–H and O–H groups in total. The minimum absolute atomic E-state index is 0.141. The summed E-state index contributed by atoms with van der Waals surface area (Å²) in [5.74, 6) is 0.141. The highest BCUT2D eigenvalue weighted by Gasteiger charge is 2.13. The standard InChI is InChI=1S/C14H19N3OS/c1-4-17-9-13(11(2)15-17)8-16(3)14(18)7-12-5-6-19-10-12/h5-6,9-10H,4,7-8H2,1-3H3. The molecule has 1 amide bonds. The van der Waals surface area contributed by atoms with Gasteiger partial charge in [0, 0.05) is 31.9 Å². The Labute approximate surface area is 117 Å². The van der Waals surface area contributed by atoms with Gasteiger partial charge in [-0.3, -0.25) is 9.48 Å². The van der Waals surface area contributed by atoms with Crippen molar-refractivity contribution < 1.29 is 4.79 Å². The molecule has 2 aromatic heterocycles. The molecule has 0 saturated heterocycles. The van der Waals surface area contributed by atoms with Crippen LogP contribution in [0, 0.1) is 6.92 Å². The number of thiophene rings is 1. The molecule has 0 saturated carbocycles. The summed E-state index contributed by atoms with van der Waals surface area (Å²) in [7, 11) is 1.84. The maximum atomic E-state index is 12.1. The van der Waals surface area contributed by atoms with Crippen LogP contribution in [0.5, 0.6) is 0 Å². The minimum Gasteiger partial charge on any atom is -0.341 e. The molecule has 0 aromatic carbocycles. The van der Waals surface area contributed by atoms with Gasteiger partial charge in [0.1, 0.15) is 0 Å². The Bertz CT molecular complexity index is 545. The molecule has 4 nitrogen and oxygen atoms in total. The van der Waals surface area contributed by atoms with E-state index in [1.165, 1.54) is 0 Å². The highest BCUT2D eigenvalue weighted by Crippen LogP contribution is 2.11. The van der Waals surface area contributed by atoms with Crippen molar-refractivity contribution in [1.29, 1.82) is 0 Å². The van der Waals surface area contributed by atoms with Gasteiger partial charge >= 0.3 is 0 Å². The number of hydrogen-bond donors (Lipinski definition) is 0. The lowest BCUT2D eigenvalue weighted by Crippen LogP contribution is -2.27. The summed E-state index contributed by atoms with van der Waals surface area (Å²) in [6, 6.07) is 2.00. The predicted octanol–water partition coefficient (Wildman–Crippen LogP) is 2.47. The van der Waals surface area contributed by atoms with Gasteiger partial charge in [-0.1, -0.05) is 0 Å². The Morgan fingerprint density at radius 3 is 2.89 bits per heavy atom. The number of nitrogens with zero attached hydrogens (tertiary/aromatic N) is 3. The summed E-state index contributed by atoms with van der Waals surface area (Å²) in [4.78, 5) is 13.9. The maximum absolute atomic E-state index is 12.1. The fourth-order valence-electron chi connectivity index (χ4n) is 1.92. The van der Waals surface area contributed by atoms with E-state index in [0.717, 1.165) is 23.4 Å². The average Bonchev–Trinajstić information content (AvgIpc) is 3.00. The number of amides is 1. The largest absolute Gasteiger partial charge is 0.341 e. The molecule has 0 aliphatic carbocycles. The van der Waals surface area contributed by atoms with Crippen molar-refractivity contribution in [2.45, 2.75) is 33.4 Å². The third-order valence-corrected chi connectivity index (χ3v) is 3.87. The second-order valence-corrected chi connectivity index (χ2v) is 5.43. The molecule has 19 heavy (non-hydrogen) atoms. The zero-order valence-electron chi connectivity index (χ0n) is 11.6. The van der Waals surface area contributed by atoms with Crippen LogP contribution in [0.15, 0.2) is 23.0 Å². The van der Waals surface area contributed by atoms with Crippen LogP contribution in [0.2, 0.25) is 0 Å². The van der Waals surface area contributed by atoms with Gasteiger partial charge in [0.2, 0.25) is 5.91 Å². The number of likely N-dealkylation sites (N-methyl/N-ethyl adjacent to an activating group) is 1. The number of aryl methyl sites for hydroxylation is 2. The maximum Gasteiger partial charge on any atom is 0.227 e. The smallest absolute Gasteiger partial charge is 0.227 e. The second kappa shape index (κ2) is 6.02. The topological polar surface area (TPSA) is 38.1 Å². The van der Waals surface area contributed by atoms with Gasteiger partial charge in [0.05, 0.1) is 12.1 Å². The summed E-state index contributed by atoms with van der Waals surface area (Å²) in [6.45, 7) is 5.52. The Morgan fingerprint density at radius 2 is 2.32 bits per heavy atom. The van der Waals surface area contributed by atoms with E-state index < -0.39 is 0 Å². The van der Waals surface area contributed by atoms with E-state index >= 15 is 0 Å². The number of hydrogen-bond acceptors (Lipinski definition) is 3. The lowest BCUT2D eigenvalue weighted by Gasteiger charge is -2.16. The molecule has 0 bridgehead atoms. The lowest BCUT2D eigenvalue weighted by molar-refractivity contribution is -0.129. The summed E-state index contributed by atoms with van der Waals surface area (Å²) >= 11 is 1.62. The molecule has 0 unspecified atom stereocenters. The normalized spacial score (nSPS) is 10.7. The molecular weight excluding hydrogens is 258 g/mol. The number of rotatable bonds is 5. The quantitative estimate of drug-likeness (QED) is 0.842. The van der Waals surface area contributed by atoms with Gasteiger partial charge in [-0.25, -0.2) is 0 Å². The van der Waals surface area contributed by atoms with E-state index in [4.69, 9.17) is 0 Å². The predicted molar refractivity (Wildman–Crippen MR) is 77.1 cm³/mol. The van der Waals surface area contributed by atoms with E-state index in [1.54, 1.807) is 16.2 Å². The minimum atomic E-state index is 0.141. The fourth-order valence-corrected chi connectivity index (χ4v) is 2.59. The first-order valence-corrected chi connectivity index (χ1v) is 7.32. The van der Waals surface area contributed by atoms with Crippen LogP contribution < -0.4 is 0 Å². The van der Waals surface area contributed by atoms with E-state index in [1.807, 2.05) is 41.7 Å². The molecule has 0 fully saturated rings. The van der Waals surface area contributed by atoms with Gasteiger partial charge in [-0.05, 0) is 36.2 Å². The van der Waals surface area contributed by atoms with Crippen LogP contribution in [0.1, 0.15) is 23.7 Å². The third-order valence-electron chi connectivity index (χ3n) is 3.14. The van der Waals surface area contributed by atoms with Gasteiger partial charge in [-0.15, -0.1) is 0 Å². The molecule has 0 aliphatic rings. The first-order chi connectivity index (χ1) is 9.10. The molecule has 2 rings (SSSR count). The van der Waals surface area contributed by atoms with Crippen LogP contribution in [0.25, 0.3) is 0 Å². The zero-order valence-corrected chi connectivity index (χ0v) is 12.4. The average molecular weight is 277 g/mol. The molecule has 5 heteroatoms. The third kappa shape index (κ3) is 3.44. The van der Waals surface area contributed by atoms with Gasteiger partial charge in [0.25, 0.3) is 0 Å². The molecule has 2 aromatic rings.